The second-order valence-electron chi connectivity index (χ2n) is 2.42. The van der Waals surface area contributed by atoms with Gasteiger partial charge in [0.2, 0.25) is 0 Å². The minimum atomic E-state index is -0.587. The van der Waals surface area contributed by atoms with Crippen molar-refractivity contribution in [1.82, 2.24) is 5.43 Å². The quantitative estimate of drug-likeness (QED) is 0.651. The lowest BCUT2D eigenvalue weighted by atomic mass is 10.2. The number of carbonyl (C=O) groups is 1. The van der Waals surface area contributed by atoms with Crippen LogP contribution < -0.4 is 5.43 Å². The Morgan fingerprint density at radius 1 is 1.64 bits per heavy atom. The van der Waals surface area contributed by atoms with Crippen molar-refractivity contribution in [3.8, 4) is 0 Å². The minimum absolute atomic E-state index is 0.587. The second kappa shape index (κ2) is 5.39. The number of hydrogen-bond donors (Lipinski definition) is 1. The molecule has 0 aliphatic carbocycles. The summed E-state index contributed by atoms with van der Waals surface area (Å²) in [6.07, 6.45) is 0.943. The summed E-state index contributed by atoms with van der Waals surface area (Å²) >= 11 is 3.32. The highest BCUT2D eigenvalue weighted by Crippen LogP contribution is 2.09. The molecule has 0 aliphatic heterocycles. The van der Waals surface area contributed by atoms with Crippen LogP contribution in [0.25, 0.3) is 0 Å². The molecule has 4 nitrogen and oxygen atoms in total. The van der Waals surface area contributed by atoms with Gasteiger partial charge < -0.3 is 4.74 Å². The molecule has 0 bridgehead atoms. The van der Waals surface area contributed by atoms with Crippen LogP contribution in [0.1, 0.15) is 5.56 Å². The van der Waals surface area contributed by atoms with Crippen LogP contribution in [0, 0.1) is 0 Å². The molecule has 0 spiro atoms. The van der Waals surface area contributed by atoms with E-state index in [1.54, 1.807) is 0 Å². The summed E-state index contributed by atoms with van der Waals surface area (Å²) in [5, 5.41) is 3.68. The van der Waals surface area contributed by atoms with Gasteiger partial charge >= 0.3 is 6.09 Å². The summed E-state index contributed by atoms with van der Waals surface area (Å²) in [6, 6.07) is 7.53. The first-order valence-corrected chi connectivity index (χ1v) is 4.64. The molecule has 1 N–H and O–H groups in total. The Bertz CT molecular complexity index is 352. The van der Waals surface area contributed by atoms with Gasteiger partial charge in [0.15, 0.2) is 0 Å². The molecule has 0 radical (unpaired) electrons. The maximum atomic E-state index is 10.6. The second-order valence-corrected chi connectivity index (χ2v) is 3.33. The van der Waals surface area contributed by atoms with Crippen LogP contribution in [-0.4, -0.2) is 19.4 Å². The number of ether oxygens (including phenoxy) is 1. The Balaban J connectivity index is 2.56. The van der Waals surface area contributed by atoms with Gasteiger partial charge in [0.05, 0.1) is 13.3 Å². The number of rotatable bonds is 2. The summed E-state index contributed by atoms with van der Waals surface area (Å²) in [7, 11) is 1.28. The van der Waals surface area contributed by atoms with Crippen LogP contribution in [0.5, 0.6) is 0 Å². The molecule has 74 valence electrons. The Labute approximate surface area is 90.1 Å². The van der Waals surface area contributed by atoms with Crippen molar-refractivity contribution in [3.05, 3.63) is 34.3 Å². The van der Waals surface area contributed by atoms with E-state index < -0.39 is 6.09 Å². The molecular weight excluding hydrogens is 248 g/mol. The zero-order chi connectivity index (χ0) is 10.4. The van der Waals surface area contributed by atoms with E-state index >= 15 is 0 Å². The number of benzene rings is 1. The van der Waals surface area contributed by atoms with Gasteiger partial charge in [0.1, 0.15) is 0 Å². The van der Waals surface area contributed by atoms with E-state index in [-0.39, 0.29) is 0 Å². The van der Waals surface area contributed by atoms with Crippen LogP contribution in [-0.2, 0) is 4.74 Å². The van der Waals surface area contributed by atoms with Gasteiger partial charge in [-0.05, 0) is 17.7 Å². The van der Waals surface area contributed by atoms with Crippen molar-refractivity contribution in [2.45, 2.75) is 0 Å². The number of carbonyl (C=O) groups excluding carboxylic acids is 1. The number of halogens is 1. The average molecular weight is 257 g/mol. The number of hydrogen-bond acceptors (Lipinski definition) is 3. The summed E-state index contributed by atoms with van der Waals surface area (Å²) in [5.74, 6) is 0. The largest absolute Gasteiger partial charge is 0.452 e. The number of hydrazone groups is 1. The monoisotopic (exact) mass is 256 g/mol. The Hall–Kier alpha value is -1.36. The maximum Gasteiger partial charge on any atom is 0.427 e. The number of amides is 1. The first-order chi connectivity index (χ1) is 6.72. The lowest BCUT2D eigenvalue weighted by Crippen LogP contribution is -2.16. The number of nitrogens with zero attached hydrogens (tertiary/aromatic N) is 1. The SMILES string of the molecule is COC(=O)N/N=C/c1cccc(Br)c1. The minimum Gasteiger partial charge on any atom is -0.452 e. The fraction of sp³-hybridized carbons (Fsp3) is 0.111. The first-order valence-electron chi connectivity index (χ1n) is 3.85. The van der Waals surface area contributed by atoms with Gasteiger partial charge in [-0.1, -0.05) is 28.1 Å². The summed E-state index contributed by atoms with van der Waals surface area (Å²) in [5.41, 5.74) is 3.08. The maximum absolute atomic E-state index is 10.6. The van der Waals surface area contributed by atoms with Gasteiger partial charge in [0, 0.05) is 4.47 Å². The van der Waals surface area contributed by atoms with Gasteiger partial charge in [-0.2, -0.15) is 5.10 Å². The van der Waals surface area contributed by atoms with Crippen LogP contribution in [0.3, 0.4) is 0 Å². The van der Waals surface area contributed by atoms with E-state index in [1.165, 1.54) is 13.3 Å². The molecule has 0 fully saturated rings. The Morgan fingerprint density at radius 2 is 2.43 bits per heavy atom. The van der Waals surface area contributed by atoms with Gasteiger partial charge in [0.25, 0.3) is 0 Å². The third-order valence-corrected chi connectivity index (χ3v) is 1.90. The lowest BCUT2D eigenvalue weighted by molar-refractivity contribution is 0.171. The summed E-state index contributed by atoms with van der Waals surface area (Å²) < 4.78 is 5.30. The first kappa shape index (κ1) is 10.7. The van der Waals surface area contributed by atoms with Crippen molar-refractivity contribution in [2.75, 3.05) is 7.11 Å². The fourth-order valence-corrected chi connectivity index (χ4v) is 1.21. The number of nitrogens with one attached hydrogen (secondary N) is 1. The third-order valence-electron chi connectivity index (χ3n) is 1.40. The average Bonchev–Trinajstić information content (AvgIpc) is 2.17. The van der Waals surface area contributed by atoms with Gasteiger partial charge in [-0.3, -0.25) is 0 Å². The summed E-state index contributed by atoms with van der Waals surface area (Å²) in [6.45, 7) is 0. The van der Waals surface area contributed by atoms with E-state index in [9.17, 15) is 4.79 Å². The highest BCUT2D eigenvalue weighted by Gasteiger charge is 1.93. The molecule has 0 aromatic heterocycles. The zero-order valence-electron chi connectivity index (χ0n) is 7.53. The highest BCUT2D eigenvalue weighted by atomic mass is 79.9. The van der Waals surface area contributed by atoms with E-state index in [4.69, 9.17) is 0 Å². The summed E-state index contributed by atoms with van der Waals surface area (Å²) in [4.78, 5) is 10.6. The van der Waals surface area contributed by atoms with Crippen LogP contribution in [0.2, 0.25) is 0 Å². The molecule has 1 aromatic carbocycles. The van der Waals surface area contributed by atoms with Crippen LogP contribution in [0.4, 0.5) is 4.79 Å². The van der Waals surface area contributed by atoms with Crippen molar-refractivity contribution in [2.24, 2.45) is 5.10 Å². The molecule has 5 heteroatoms. The molecule has 0 atom stereocenters. The molecular formula is C9H9BrN2O2. The van der Waals surface area contributed by atoms with Crippen LogP contribution in [0.15, 0.2) is 33.8 Å². The molecule has 1 aromatic rings. The van der Waals surface area contributed by atoms with Crippen molar-refractivity contribution in [1.29, 1.82) is 0 Å². The molecule has 1 amide bonds. The zero-order valence-corrected chi connectivity index (χ0v) is 9.11. The number of methoxy groups -OCH3 is 1. The fourth-order valence-electron chi connectivity index (χ4n) is 0.792. The predicted molar refractivity (Wildman–Crippen MR) is 57.3 cm³/mol. The van der Waals surface area contributed by atoms with Gasteiger partial charge in [-0.15, -0.1) is 0 Å². The molecule has 0 heterocycles. The predicted octanol–water partition coefficient (Wildman–Crippen LogP) is 2.14. The van der Waals surface area contributed by atoms with E-state index in [0.717, 1.165) is 10.0 Å². The molecule has 1 rings (SSSR count). The van der Waals surface area contributed by atoms with Crippen molar-refractivity contribution in [3.63, 3.8) is 0 Å². The van der Waals surface area contributed by atoms with E-state index in [0.29, 0.717) is 0 Å². The molecule has 0 unspecified atom stereocenters. The molecule has 0 saturated carbocycles. The van der Waals surface area contributed by atoms with Crippen LogP contribution >= 0.6 is 15.9 Å². The smallest absolute Gasteiger partial charge is 0.427 e. The van der Waals surface area contributed by atoms with Gasteiger partial charge in [-0.25, -0.2) is 10.2 Å². The van der Waals surface area contributed by atoms with E-state index in [1.807, 2.05) is 24.3 Å². The molecule has 14 heavy (non-hydrogen) atoms. The van der Waals surface area contributed by atoms with Crippen molar-refractivity contribution >= 4 is 28.2 Å². The topological polar surface area (TPSA) is 50.7 Å². The third kappa shape index (κ3) is 3.57. The highest BCUT2D eigenvalue weighted by molar-refractivity contribution is 9.10. The Kier molecular flexibility index (Phi) is 4.12. The normalized spacial score (nSPS) is 10.1. The molecule has 0 aliphatic rings. The Morgan fingerprint density at radius 3 is 3.07 bits per heavy atom. The standard InChI is InChI=1S/C9H9BrN2O2/c1-14-9(13)12-11-6-7-3-2-4-8(10)5-7/h2-6H,1H3,(H,12,13)/b11-6+. The van der Waals surface area contributed by atoms with E-state index in [2.05, 4.69) is 31.2 Å². The lowest BCUT2D eigenvalue weighted by Gasteiger charge is -1.96. The molecule has 0 saturated heterocycles. The van der Waals surface area contributed by atoms with Crippen molar-refractivity contribution < 1.29 is 9.53 Å².